The van der Waals surface area contributed by atoms with Gasteiger partial charge in [0.15, 0.2) is 0 Å². The fourth-order valence-corrected chi connectivity index (χ4v) is 3.93. The molecule has 0 radical (unpaired) electrons. The Hall–Kier alpha value is -0.0800. The van der Waals surface area contributed by atoms with Gasteiger partial charge in [-0.15, -0.1) is 0 Å². The van der Waals surface area contributed by atoms with Crippen LogP contribution in [-0.4, -0.2) is 36.6 Å². The summed E-state index contributed by atoms with van der Waals surface area (Å²) in [4.78, 5) is 2.69. The van der Waals surface area contributed by atoms with Crippen molar-refractivity contribution in [1.29, 1.82) is 0 Å². The van der Waals surface area contributed by atoms with E-state index in [4.69, 9.17) is 0 Å². The van der Waals surface area contributed by atoms with Gasteiger partial charge in [0.1, 0.15) is 0 Å². The number of nitrogens with zero attached hydrogens (tertiary/aromatic N) is 1. The molecule has 18 heavy (non-hydrogen) atoms. The van der Waals surface area contributed by atoms with E-state index in [1.165, 1.54) is 51.6 Å². The van der Waals surface area contributed by atoms with Gasteiger partial charge in [-0.05, 0) is 45.3 Å². The molecule has 1 rings (SSSR count). The van der Waals surface area contributed by atoms with Gasteiger partial charge in [0.2, 0.25) is 0 Å². The first-order valence-electron chi connectivity index (χ1n) is 8.10. The van der Waals surface area contributed by atoms with Gasteiger partial charge in [-0.3, -0.25) is 4.90 Å². The summed E-state index contributed by atoms with van der Waals surface area (Å²) in [5, 5.41) is 3.65. The lowest BCUT2D eigenvalue weighted by Gasteiger charge is -2.49. The van der Waals surface area contributed by atoms with Crippen molar-refractivity contribution >= 4 is 0 Å². The summed E-state index contributed by atoms with van der Waals surface area (Å²) in [7, 11) is 2.16. The van der Waals surface area contributed by atoms with Crippen molar-refractivity contribution in [2.75, 3.05) is 20.1 Å². The molecule has 1 atom stereocenters. The molecule has 1 saturated carbocycles. The van der Waals surface area contributed by atoms with Crippen molar-refractivity contribution in [2.24, 2.45) is 5.92 Å². The van der Waals surface area contributed by atoms with Crippen LogP contribution in [0, 0.1) is 5.92 Å². The molecule has 0 aromatic heterocycles. The van der Waals surface area contributed by atoms with Crippen molar-refractivity contribution in [2.45, 2.75) is 77.8 Å². The van der Waals surface area contributed by atoms with Crippen LogP contribution >= 0.6 is 0 Å². The molecule has 1 fully saturated rings. The maximum absolute atomic E-state index is 3.65. The van der Waals surface area contributed by atoms with Crippen LogP contribution in [0.25, 0.3) is 0 Å². The van der Waals surface area contributed by atoms with E-state index in [1.807, 2.05) is 0 Å². The molecule has 2 heteroatoms. The summed E-state index contributed by atoms with van der Waals surface area (Å²) in [5.41, 5.74) is 0.355. The summed E-state index contributed by atoms with van der Waals surface area (Å²) in [6, 6.07) is 0.651. The zero-order valence-corrected chi connectivity index (χ0v) is 13.3. The van der Waals surface area contributed by atoms with Gasteiger partial charge < -0.3 is 5.32 Å². The maximum atomic E-state index is 3.65. The SMILES string of the molecule is CCN(CC)C(CC)(CC)C(CC1CCC1)NC. The van der Waals surface area contributed by atoms with E-state index in [-0.39, 0.29) is 0 Å². The summed E-state index contributed by atoms with van der Waals surface area (Å²) in [5.74, 6) is 0.982. The average Bonchev–Trinajstić information content (AvgIpc) is 2.36. The Morgan fingerprint density at radius 2 is 1.67 bits per heavy atom. The third-order valence-electron chi connectivity index (χ3n) is 5.41. The van der Waals surface area contributed by atoms with Crippen LogP contribution in [0.5, 0.6) is 0 Å². The second kappa shape index (κ2) is 7.49. The predicted octanol–water partition coefficient (Wildman–Crippen LogP) is 3.67. The van der Waals surface area contributed by atoms with Crippen LogP contribution in [0.15, 0.2) is 0 Å². The number of rotatable bonds is 9. The molecular weight excluding hydrogens is 220 g/mol. The van der Waals surface area contributed by atoms with Crippen LogP contribution in [0.3, 0.4) is 0 Å². The van der Waals surface area contributed by atoms with Crippen molar-refractivity contribution in [3.05, 3.63) is 0 Å². The fraction of sp³-hybridized carbons (Fsp3) is 1.00. The van der Waals surface area contributed by atoms with Crippen molar-refractivity contribution in [3.63, 3.8) is 0 Å². The molecule has 1 unspecified atom stereocenters. The van der Waals surface area contributed by atoms with E-state index in [0.29, 0.717) is 11.6 Å². The standard InChI is InChI=1S/C16H34N2/c1-6-16(7-2,18(8-3)9-4)15(17-5)13-14-11-10-12-14/h14-15,17H,6-13H2,1-5H3. The molecule has 1 aliphatic rings. The number of hydrogen-bond acceptors (Lipinski definition) is 2. The predicted molar refractivity (Wildman–Crippen MR) is 81.0 cm³/mol. The van der Waals surface area contributed by atoms with Gasteiger partial charge in [0.05, 0.1) is 0 Å². The fourth-order valence-electron chi connectivity index (χ4n) is 3.93. The van der Waals surface area contributed by atoms with Gasteiger partial charge >= 0.3 is 0 Å². The highest BCUT2D eigenvalue weighted by Crippen LogP contribution is 2.37. The van der Waals surface area contributed by atoms with Gasteiger partial charge in [-0.25, -0.2) is 0 Å². The minimum Gasteiger partial charge on any atom is -0.315 e. The first-order valence-corrected chi connectivity index (χ1v) is 8.10. The average molecular weight is 254 g/mol. The van der Waals surface area contributed by atoms with Gasteiger partial charge in [-0.2, -0.15) is 0 Å². The Bertz CT molecular complexity index is 215. The summed E-state index contributed by atoms with van der Waals surface area (Å²) in [6.45, 7) is 11.7. The monoisotopic (exact) mass is 254 g/mol. The topological polar surface area (TPSA) is 15.3 Å². The van der Waals surface area contributed by atoms with E-state index in [1.54, 1.807) is 0 Å². The second-order valence-corrected chi connectivity index (χ2v) is 5.86. The molecule has 1 aliphatic carbocycles. The largest absolute Gasteiger partial charge is 0.315 e. The lowest BCUT2D eigenvalue weighted by Crippen LogP contribution is -2.60. The molecule has 0 aromatic rings. The molecule has 0 amide bonds. The van der Waals surface area contributed by atoms with E-state index in [2.05, 4.69) is 45.0 Å². The molecule has 0 spiro atoms. The first kappa shape index (κ1) is 16.0. The molecule has 2 nitrogen and oxygen atoms in total. The summed E-state index contributed by atoms with van der Waals surface area (Å²) >= 11 is 0. The summed E-state index contributed by atoms with van der Waals surface area (Å²) in [6.07, 6.45) is 8.25. The minimum atomic E-state index is 0.355. The Kier molecular flexibility index (Phi) is 6.65. The minimum absolute atomic E-state index is 0.355. The van der Waals surface area contributed by atoms with E-state index < -0.39 is 0 Å². The first-order chi connectivity index (χ1) is 8.68. The third kappa shape index (κ3) is 3.08. The van der Waals surface area contributed by atoms with Gasteiger partial charge in [0, 0.05) is 11.6 Å². The molecule has 0 heterocycles. The molecular formula is C16H34N2. The van der Waals surface area contributed by atoms with Crippen molar-refractivity contribution in [1.82, 2.24) is 10.2 Å². The van der Waals surface area contributed by atoms with Crippen LogP contribution in [0.2, 0.25) is 0 Å². The lowest BCUT2D eigenvalue weighted by molar-refractivity contribution is 0.0370. The lowest BCUT2D eigenvalue weighted by atomic mass is 9.73. The number of nitrogens with one attached hydrogen (secondary N) is 1. The van der Waals surface area contributed by atoms with Crippen molar-refractivity contribution in [3.8, 4) is 0 Å². The molecule has 0 bridgehead atoms. The van der Waals surface area contributed by atoms with E-state index in [9.17, 15) is 0 Å². The molecule has 0 aliphatic heterocycles. The van der Waals surface area contributed by atoms with Crippen molar-refractivity contribution < 1.29 is 0 Å². The highest BCUT2D eigenvalue weighted by atomic mass is 15.2. The Morgan fingerprint density at radius 1 is 1.11 bits per heavy atom. The Labute approximate surface area is 115 Å². The van der Waals surface area contributed by atoms with Crippen LogP contribution in [0.4, 0.5) is 0 Å². The number of hydrogen-bond donors (Lipinski definition) is 1. The highest BCUT2D eigenvalue weighted by Gasteiger charge is 2.40. The summed E-state index contributed by atoms with van der Waals surface area (Å²) < 4.78 is 0. The highest BCUT2D eigenvalue weighted by molar-refractivity contribution is 4.99. The zero-order valence-electron chi connectivity index (χ0n) is 13.3. The molecule has 108 valence electrons. The van der Waals surface area contributed by atoms with E-state index in [0.717, 1.165) is 5.92 Å². The molecule has 0 aromatic carbocycles. The zero-order chi connectivity index (χ0) is 13.6. The molecule has 0 saturated heterocycles. The van der Waals surface area contributed by atoms with Gasteiger partial charge in [-0.1, -0.05) is 47.0 Å². The quantitative estimate of drug-likeness (QED) is 0.675. The third-order valence-corrected chi connectivity index (χ3v) is 5.41. The Morgan fingerprint density at radius 3 is 1.94 bits per heavy atom. The van der Waals surface area contributed by atoms with E-state index >= 15 is 0 Å². The van der Waals surface area contributed by atoms with Crippen LogP contribution in [0.1, 0.15) is 66.2 Å². The smallest absolute Gasteiger partial charge is 0.0357 e. The van der Waals surface area contributed by atoms with Crippen LogP contribution < -0.4 is 5.32 Å². The Balaban J connectivity index is 2.82. The maximum Gasteiger partial charge on any atom is 0.0357 e. The normalized spacial score (nSPS) is 19.0. The molecule has 1 N–H and O–H groups in total. The number of likely N-dealkylation sites (N-methyl/N-ethyl adjacent to an activating group) is 2. The van der Waals surface area contributed by atoms with Gasteiger partial charge in [0.25, 0.3) is 0 Å². The second-order valence-electron chi connectivity index (χ2n) is 5.86. The van der Waals surface area contributed by atoms with Crippen LogP contribution in [-0.2, 0) is 0 Å².